The molecule has 0 fully saturated rings. The standard InChI is InChI=1S/C24H23NO3/c1-16(23(26)25(2)15-17-7-4-3-5-8-17)28-24(27)21-14-13-19-12-11-18-9-6-10-20(21)22(18)19/h3-10,13-14,16H,11-12,15H2,1-2H3. The molecule has 4 heteroatoms. The van der Waals surface area contributed by atoms with Crippen LogP contribution in [0.25, 0.3) is 10.8 Å². The first kappa shape index (κ1) is 18.2. The minimum atomic E-state index is -0.843. The zero-order valence-corrected chi connectivity index (χ0v) is 16.1. The Bertz CT molecular complexity index is 1030. The number of benzene rings is 3. The van der Waals surface area contributed by atoms with Gasteiger partial charge >= 0.3 is 5.97 Å². The lowest BCUT2D eigenvalue weighted by Gasteiger charge is -2.22. The van der Waals surface area contributed by atoms with E-state index in [1.807, 2.05) is 54.6 Å². The second kappa shape index (κ2) is 7.47. The number of ether oxygens (including phenoxy) is 1. The van der Waals surface area contributed by atoms with Gasteiger partial charge < -0.3 is 9.64 Å². The number of carbonyl (C=O) groups excluding carboxylic acids is 2. The zero-order chi connectivity index (χ0) is 19.7. The molecule has 1 amide bonds. The molecule has 1 aliphatic rings. The molecule has 0 bridgehead atoms. The molecule has 0 spiro atoms. The quantitative estimate of drug-likeness (QED) is 0.632. The molecule has 0 heterocycles. The fourth-order valence-electron chi connectivity index (χ4n) is 3.94. The Morgan fingerprint density at radius 2 is 1.68 bits per heavy atom. The van der Waals surface area contributed by atoms with Crippen molar-refractivity contribution < 1.29 is 14.3 Å². The monoisotopic (exact) mass is 373 g/mol. The van der Waals surface area contributed by atoms with E-state index in [1.54, 1.807) is 18.9 Å². The highest BCUT2D eigenvalue weighted by molar-refractivity contribution is 6.07. The number of rotatable bonds is 5. The number of likely N-dealkylation sites (N-methyl/N-ethyl adjacent to an activating group) is 1. The van der Waals surface area contributed by atoms with Crippen molar-refractivity contribution in [3.63, 3.8) is 0 Å². The summed E-state index contributed by atoms with van der Waals surface area (Å²) in [4.78, 5) is 27.0. The molecular weight excluding hydrogens is 350 g/mol. The van der Waals surface area contributed by atoms with Crippen LogP contribution in [0.4, 0.5) is 0 Å². The molecular formula is C24H23NO3. The van der Waals surface area contributed by atoms with E-state index in [0.29, 0.717) is 12.1 Å². The summed E-state index contributed by atoms with van der Waals surface area (Å²) in [6.45, 7) is 2.10. The highest BCUT2D eigenvalue weighted by Gasteiger charge is 2.25. The first-order chi connectivity index (χ1) is 13.5. The minimum absolute atomic E-state index is 0.219. The lowest BCUT2D eigenvalue weighted by Crippen LogP contribution is -2.37. The maximum absolute atomic E-state index is 12.8. The lowest BCUT2D eigenvalue weighted by atomic mass is 10.00. The van der Waals surface area contributed by atoms with Crippen LogP contribution < -0.4 is 0 Å². The Kier molecular flexibility index (Phi) is 4.86. The summed E-state index contributed by atoms with van der Waals surface area (Å²) < 4.78 is 5.54. The SMILES string of the molecule is CC(OC(=O)c1ccc2c3c(cccc13)CC2)C(=O)N(C)Cc1ccccc1. The Morgan fingerprint density at radius 3 is 2.43 bits per heavy atom. The first-order valence-electron chi connectivity index (χ1n) is 9.58. The van der Waals surface area contributed by atoms with E-state index in [4.69, 9.17) is 4.74 Å². The van der Waals surface area contributed by atoms with E-state index < -0.39 is 12.1 Å². The van der Waals surface area contributed by atoms with Gasteiger partial charge in [0.15, 0.2) is 6.10 Å². The summed E-state index contributed by atoms with van der Waals surface area (Å²) in [6, 6.07) is 19.6. The fourth-order valence-corrected chi connectivity index (χ4v) is 3.94. The molecule has 3 aromatic carbocycles. The second-order valence-corrected chi connectivity index (χ2v) is 7.34. The van der Waals surface area contributed by atoms with Crippen LogP contribution in [0.3, 0.4) is 0 Å². The van der Waals surface area contributed by atoms with Crippen LogP contribution in [0.5, 0.6) is 0 Å². The second-order valence-electron chi connectivity index (χ2n) is 7.34. The van der Waals surface area contributed by atoms with Gasteiger partial charge in [-0.3, -0.25) is 4.79 Å². The van der Waals surface area contributed by atoms with Gasteiger partial charge in [0, 0.05) is 13.6 Å². The number of hydrogen-bond donors (Lipinski definition) is 0. The molecule has 4 nitrogen and oxygen atoms in total. The zero-order valence-electron chi connectivity index (χ0n) is 16.1. The normalized spacial score (nSPS) is 13.4. The molecule has 0 N–H and O–H groups in total. The van der Waals surface area contributed by atoms with E-state index in [9.17, 15) is 9.59 Å². The molecule has 3 aromatic rings. The van der Waals surface area contributed by atoms with Crippen LogP contribution in [-0.4, -0.2) is 29.9 Å². The van der Waals surface area contributed by atoms with E-state index in [1.165, 1.54) is 11.1 Å². The van der Waals surface area contributed by atoms with E-state index in [2.05, 4.69) is 6.07 Å². The Balaban J connectivity index is 1.49. The Labute approximate surface area is 164 Å². The van der Waals surface area contributed by atoms with Crippen molar-refractivity contribution in [3.8, 4) is 0 Å². The topological polar surface area (TPSA) is 46.6 Å². The Hall–Kier alpha value is -3.14. The van der Waals surface area contributed by atoms with Crippen molar-refractivity contribution in [3.05, 3.63) is 82.9 Å². The highest BCUT2D eigenvalue weighted by Crippen LogP contribution is 2.33. The third-order valence-corrected chi connectivity index (χ3v) is 5.37. The molecule has 0 saturated heterocycles. The minimum Gasteiger partial charge on any atom is -0.449 e. The average molecular weight is 373 g/mol. The number of nitrogens with zero attached hydrogens (tertiary/aromatic N) is 1. The van der Waals surface area contributed by atoms with Crippen molar-refractivity contribution >= 4 is 22.6 Å². The van der Waals surface area contributed by atoms with Crippen LogP contribution in [0.1, 0.15) is 34.0 Å². The summed E-state index contributed by atoms with van der Waals surface area (Å²) in [5, 5.41) is 2.08. The van der Waals surface area contributed by atoms with Crippen molar-refractivity contribution in [1.82, 2.24) is 4.90 Å². The van der Waals surface area contributed by atoms with Crippen LogP contribution in [-0.2, 0) is 28.9 Å². The summed E-state index contributed by atoms with van der Waals surface area (Å²) in [5.41, 5.74) is 4.10. The first-order valence-corrected chi connectivity index (χ1v) is 9.58. The average Bonchev–Trinajstić information content (AvgIpc) is 3.13. The van der Waals surface area contributed by atoms with Crippen LogP contribution in [0.2, 0.25) is 0 Å². The summed E-state index contributed by atoms with van der Waals surface area (Å²) in [7, 11) is 1.72. The maximum atomic E-state index is 12.8. The Morgan fingerprint density at radius 1 is 0.964 bits per heavy atom. The summed E-state index contributed by atoms with van der Waals surface area (Å²) in [6.07, 6.45) is 1.17. The highest BCUT2D eigenvalue weighted by atomic mass is 16.5. The van der Waals surface area contributed by atoms with E-state index >= 15 is 0 Å². The van der Waals surface area contributed by atoms with Crippen LogP contribution >= 0.6 is 0 Å². The molecule has 0 aromatic heterocycles. The smallest absolute Gasteiger partial charge is 0.339 e. The number of hydrogen-bond acceptors (Lipinski definition) is 3. The van der Waals surface area contributed by atoms with Crippen molar-refractivity contribution in [2.24, 2.45) is 0 Å². The summed E-state index contributed by atoms with van der Waals surface area (Å²) >= 11 is 0. The lowest BCUT2D eigenvalue weighted by molar-refractivity contribution is -0.139. The van der Waals surface area contributed by atoms with Gasteiger partial charge in [0.2, 0.25) is 0 Å². The van der Waals surface area contributed by atoms with Gasteiger partial charge in [-0.2, -0.15) is 0 Å². The third kappa shape index (κ3) is 3.38. The third-order valence-electron chi connectivity index (χ3n) is 5.37. The summed E-state index contributed by atoms with van der Waals surface area (Å²) in [5.74, 6) is -0.673. The molecule has 1 aliphatic carbocycles. The molecule has 4 rings (SSSR count). The number of aryl methyl sites for hydroxylation is 2. The molecule has 0 saturated carbocycles. The van der Waals surface area contributed by atoms with E-state index in [-0.39, 0.29) is 5.91 Å². The largest absolute Gasteiger partial charge is 0.449 e. The van der Waals surface area contributed by atoms with Crippen molar-refractivity contribution in [2.45, 2.75) is 32.4 Å². The van der Waals surface area contributed by atoms with Crippen molar-refractivity contribution in [1.29, 1.82) is 0 Å². The van der Waals surface area contributed by atoms with Crippen molar-refractivity contribution in [2.75, 3.05) is 7.05 Å². The molecule has 0 radical (unpaired) electrons. The molecule has 0 aliphatic heterocycles. The number of esters is 1. The number of carbonyl (C=O) groups is 2. The van der Waals surface area contributed by atoms with Gasteiger partial charge in [0.1, 0.15) is 0 Å². The van der Waals surface area contributed by atoms with Gasteiger partial charge in [0.25, 0.3) is 5.91 Å². The molecule has 1 unspecified atom stereocenters. The fraction of sp³-hybridized carbons (Fsp3) is 0.250. The van der Waals surface area contributed by atoms with Gasteiger partial charge in [-0.05, 0) is 53.3 Å². The van der Waals surface area contributed by atoms with Gasteiger partial charge in [-0.1, -0.05) is 54.6 Å². The maximum Gasteiger partial charge on any atom is 0.339 e. The van der Waals surface area contributed by atoms with Crippen LogP contribution in [0.15, 0.2) is 60.7 Å². The molecule has 142 valence electrons. The van der Waals surface area contributed by atoms with Gasteiger partial charge in [-0.25, -0.2) is 4.79 Å². The predicted molar refractivity (Wildman–Crippen MR) is 109 cm³/mol. The van der Waals surface area contributed by atoms with Crippen LogP contribution in [0, 0.1) is 0 Å². The molecule has 28 heavy (non-hydrogen) atoms. The van der Waals surface area contributed by atoms with Gasteiger partial charge in [0.05, 0.1) is 5.56 Å². The molecule has 1 atom stereocenters. The van der Waals surface area contributed by atoms with E-state index in [0.717, 1.165) is 29.2 Å². The number of amides is 1. The predicted octanol–water partition coefficient (Wildman–Crippen LogP) is 4.14. The van der Waals surface area contributed by atoms with Gasteiger partial charge in [-0.15, -0.1) is 0 Å².